The number of hydrogen-bond donors (Lipinski definition) is 0. The zero-order valence-corrected chi connectivity index (χ0v) is 17.8. The Hall–Kier alpha value is -2.36. The summed E-state index contributed by atoms with van der Waals surface area (Å²) in [6, 6.07) is 11.3. The third-order valence-corrected chi connectivity index (χ3v) is 5.19. The first kappa shape index (κ1) is 22.9. The molecule has 0 radical (unpaired) electrons. The number of likely N-dealkylation sites (N-methyl/N-ethyl adjacent to an activating group) is 1. The van der Waals surface area contributed by atoms with Crippen molar-refractivity contribution < 1.29 is 21.8 Å². The fraction of sp³-hybridized carbons (Fsp3) is 0.400. The lowest BCUT2D eigenvalue weighted by molar-refractivity contribution is -0.108. The van der Waals surface area contributed by atoms with Crippen molar-refractivity contribution in [1.29, 1.82) is 0 Å². The number of halogens is 1. The van der Waals surface area contributed by atoms with Crippen LogP contribution in [0, 0.1) is 6.92 Å². The Balaban J connectivity index is 2.08. The van der Waals surface area contributed by atoms with Gasteiger partial charge in [0.05, 0.1) is 18.0 Å². The van der Waals surface area contributed by atoms with Gasteiger partial charge >= 0.3 is 10.2 Å². The van der Waals surface area contributed by atoms with Gasteiger partial charge in [-0.15, -0.1) is 3.89 Å². The van der Waals surface area contributed by atoms with E-state index >= 15 is 0 Å². The lowest BCUT2D eigenvalue weighted by Crippen LogP contribution is -2.28. The fourth-order valence-corrected chi connectivity index (χ4v) is 3.04. The highest BCUT2D eigenvalue weighted by Gasteiger charge is 2.13. The van der Waals surface area contributed by atoms with Gasteiger partial charge in [0, 0.05) is 25.9 Å². The highest BCUT2D eigenvalue weighted by atomic mass is 32.3. The van der Waals surface area contributed by atoms with Gasteiger partial charge < -0.3 is 14.4 Å². The number of rotatable bonds is 10. The molecule has 2 aromatic carbocycles. The van der Waals surface area contributed by atoms with E-state index in [2.05, 4.69) is 22.1 Å². The number of methoxy groups -OCH3 is 1. The standard InChI is InChI=1S/C20H26FN3O4S/c1-5-24(12-13-28-16(3)27-4)18-9-7-17(8-10-18)22-23-20-14-19(29(21,25)26)11-6-15(20)2/h6-11,14,16H,5,12-13H2,1-4H3. The SMILES string of the molecule is CCN(CCOC(C)OC)c1ccc(N=Nc2cc(S(=O)(=O)F)ccc2C)cc1. The number of nitrogens with zero attached hydrogens (tertiary/aromatic N) is 3. The van der Waals surface area contributed by atoms with Crippen LogP contribution in [-0.4, -0.2) is 41.5 Å². The third kappa shape index (κ3) is 6.88. The minimum Gasteiger partial charge on any atom is -0.369 e. The highest BCUT2D eigenvalue weighted by Crippen LogP contribution is 2.27. The van der Waals surface area contributed by atoms with Crippen LogP contribution < -0.4 is 4.90 Å². The van der Waals surface area contributed by atoms with Crippen LogP contribution >= 0.6 is 0 Å². The topological polar surface area (TPSA) is 80.6 Å². The van der Waals surface area contributed by atoms with Crippen molar-refractivity contribution in [2.45, 2.75) is 32.0 Å². The van der Waals surface area contributed by atoms with Gasteiger partial charge in [0.25, 0.3) is 0 Å². The molecule has 0 bridgehead atoms. The first-order valence-corrected chi connectivity index (χ1v) is 10.6. The molecule has 2 aromatic rings. The molecular formula is C20H26FN3O4S. The summed E-state index contributed by atoms with van der Waals surface area (Å²) in [5.74, 6) is 0. The second-order valence-corrected chi connectivity index (χ2v) is 7.70. The second kappa shape index (κ2) is 10.4. The molecule has 0 saturated carbocycles. The van der Waals surface area contributed by atoms with E-state index in [1.807, 2.05) is 31.2 Å². The Morgan fingerprint density at radius 3 is 2.41 bits per heavy atom. The summed E-state index contributed by atoms with van der Waals surface area (Å²) in [5.41, 5.74) is 2.61. The molecule has 0 aromatic heterocycles. The van der Waals surface area contributed by atoms with Gasteiger partial charge in [-0.1, -0.05) is 6.07 Å². The maximum atomic E-state index is 13.2. The van der Waals surface area contributed by atoms with Gasteiger partial charge in [0.1, 0.15) is 4.90 Å². The molecule has 2 rings (SSSR count). The zero-order valence-electron chi connectivity index (χ0n) is 17.0. The summed E-state index contributed by atoms with van der Waals surface area (Å²) in [6.07, 6.45) is -0.245. The van der Waals surface area contributed by atoms with Gasteiger partial charge in [-0.3, -0.25) is 0 Å². The molecule has 0 amide bonds. The Morgan fingerprint density at radius 1 is 1.14 bits per heavy atom. The molecule has 0 aliphatic heterocycles. The predicted octanol–water partition coefficient (Wildman–Crippen LogP) is 4.90. The van der Waals surface area contributed by atoms with Crippen molar-refractivity contribution in [3.63, 3.8) is 0 Å². The molecule has 9 heteroatoms. The van der Waals surface area contributed by atoms with E-state index in [4.69, 9.17) is 9.47 Å². The van der Waals surface area contributed by atoms with Gasteiger partial charge in [-0.2, -0.15) is 18.6 Å². The quantitative estimate of drug-likeness (QED) is 0.308. The van der Waals surface area contributed by atoms with Crippen LogP contribution in [0.3, 0.4) is 0 Å². The first-order chi connectivity index (χ1) is 13.7. The molecule has 158 valence electrons. The van der Waals surface area contributed by atoms with Crippen molar-refractivity contribution in [3.8, 4) is 0 Å². The van der Waals surface area contributed by atoms with E-state index in [9.17, 15) is 12.3 Å². The van der Waals surface area contributed by atoms with Crippen LogP contribution in [0.1, 0.15) is 19.4 Å². The van der Waals surface area contributed by atoms with Crippen LogP contribution in [0.15, 0.2) is 57.6 Å². The average molecular weight is 424 g/mol. The molecule has 0 spiro atoms. The molecule has 0 heterocycles. The average Bonchev–Trinajstić information content (AvgIpc) is 2.70. The van der Waals surface area contributed by atoms with Crippen molar-refractivity contribution in [1.82, 2.24) is 0 Å². The summed E-state index contributed by atoms with van der Waals surface area (Å²) in [5, 5.41) is 8.20. The number of benzene rings is 2. The molecule has 0 aliphatic carbocycles. The van der Waals surface area contributed by atoms with Crippen LogP contribution in [0.25, 0.3) is 0 Å². The van der Waals surface area contributed by atoms with Crippen molar-refractivity contribution in [3.05, 3.63) is 48.0 Å². The molecule has 0 fully saturated rings. The number of anilines is 1. The van der Waals surface area contributed by atoms with Crippen molar-refractivity contribution >= 4 is 27.3 Å². The van der Waals surface area contributed by atoms with E-state index in [0.29, 0.717) is 23.5 Å². The normalized spacial score (nSPS) is 13.0. The second-order valence-electron chi connectivity index (χ2n) is 6.36. The van der Waals surface area contributed by atoms with Gasteiger partial charge in [-0.25, -0.2) is 0 Å². The Labute approximate surface area is 171 Å². The van der Waals surface area contributed by atoms with Crippen LogP contribution in [0.4, 0.5) is 20.9 Å². The molecule has 0 N–H and O–H groups in total. The van der Waals surface area contributed by atoms with Crippen molar-refractivity contribution in [2.24, 2.45) is 10.2 Å². The largest absolute Gasteiger partial charge is 0.369 e. The van der Waals surface area contributed by atoms with Crippen molar-refractivity contribution in [2.75, 3.05) is 31.7 Å². The molecule has 0 saturated heterocycles. The minimum absolute atomic E-state index is 0.245. The smallest absolute Gasteiger partial charge is 0.332 e. The summed E-state index contributed by atoms with van der Waals surface area (Å²) in [4.78, 5) is 1.72. The summed E-state index contributed by atoms with van der Waals surface area (Å²) in [7, 11) is -3.18. The lowest BCUT2D eigenvalue weighted by atomic mass is 10.2. The molecule has 0 aliphatic rings. The molecule has 1 atom stereocenters. The number of hydrogen-bond acceptors (Lipinski definition) is 7. The maximum Gasteiger partial charge on any atom is 0.332 e. The van der Waals surface area contributed by atoms with E-state index in [1.165, 1.54) is 18.2 Å². The van der Waals surface area contributed by atoms with E-state index in [0.717, 1.165) is 18.8 Å². The fourth-order valence-electron chi connectivity index (χ4n) is 2.56. The van der Waals surface area contributed by atoms with E-state index in [1.54, 1.807) is 14.0 Å². The molecule has 1 unspecified atom stereocenters. The summed E-state index contributed by atoms with van der Waals surface area (Å²) in [6.45, 7) is 7.72. The Morgan fingerprint density at radius 2 is 1.83 bits per heavy atom. The van der Waals surface area contributed by atoms with Crippen LogP contribution in [0.5, 0.6) is 0 Å². The molecule has 29 heavy (non-hydrogen) atoms. The number of azo groups is 1. The van der Waals surface area contributed by atoms with Crippen LogP contribution in [-0.2, 0) is 19.7 Å². The predicted molar refractivity (Wildman–Crippen MR) is 110 cm³/mol. The van der Waals surface area contributed by atoms with Gasteiger partial charge in [-0.05, 0) is 62.7 Å². The minimum atomic E-state index is -4.78. The van der Waals surface area contributed by atoms with E-state index < -0.39 is 15.1 Å². The Kier molecular flexibility index (Phi) is 8.24. The first-order valence-electron chi connectivity index (χ1n) is 9.21. The zero-order chi connectivity index (χ0) is 21.4. The number of aryl methyl sites for hydroxylation is 1. The third-order valence-electron chi connectivity index (χ3n) is 4.38. The van der Waals surface area contributed by atoms with Gasteiger partial charge in [0.2, 0.25) is 0 Å². The molecule has 7 nitrogen and oxygen atoms in total. The van der Waals surface area contributed by atoms with Crippen LogP contribution in [0.2, 0.25) is 0 Å². The lowest BCUT2D eigenvalue weighted by Gasteiger charge is -2.23. The maximum absolute atomic E-state index is 13.2. The number of ether oxygens (including phenoxy) is 2. The summed E-state index contributed by atoms with van der Waals surface area (Å²) < 4.78 is 45.9. The van der Waals surface area contributed by atoms with E-state index in [-0.39, 0.29) is 6.29 Å². The van der Waals surface area contributed by atoms with Gasteiger partial charge in [0.15, 0.2) is 6.29 Å². The summed E-state index contributed by atoms with van der Waals surface area (Å²) >= 11 is 0. The Bertz CT molecular complexity index is 933. The highest BCUT2D eigenvalue weighted by molar-refractivity contribution is 7.86. The monoisotopic (exact) mass is 423 g/mol. The molecular weight excluding hydrogens is 397 g/mol.